The molecule has 1 aromatic carbocycles. The number of amides is 2. The van der Waals surface area contributed by atoms with E-state index in [1.54, 1.807) is 29.2 Å². The Balaban J connectivity index is 1.51. The number of imidazole rings is 1. The molecule has 2 aliphatic rings. The van der Waals surface area contributed by atoms with Gasteiger partial charge in [0.05, 0.1) is 29.8 Å². The van der Waals surface area contributed by atoms with Gasteiger partial charge in [-0.1, -0.05) is 6.07 Å². The van der Waals surface area contributed by atoms with Crippen molar-refractivity contribution in [3.05, 3.63) is 53.1 Å². The predicted molar refractivity (Wildman–Crippen MR) is 102 cm³/mol. The molecule has 1 saturated heterocycles. The lowest BCUT2D eigenvalue weighted by molar-refractivity contribution is -0.129. The van der Waals surface area contributed by atoms with Crippen LogP contribution in [0.5, 0.6) is 0 Å². The zero-order chi connectivity index (χ0) is 19.7. The van der Waals surface area contributed by atoms with Crippen molar-refractivity contribution in [2.75, 3.05) is 19.6 Å². The van der Waals surface area contributed by atoms with Gasteiger partial charge in [-0.3, -0.25) is 9.59 Å². The molecule has 0 aliphatic carbocycles. The molecule has 0 N–H and O–H groups in total. The Morgan fingerprint density at radius 2 is 2.00 bits per heavy atom. The number of hydrogen-bond acceptors (Lipinski definition) is 4. The number of aromatic nitrogens is 2. The molecule has 3 heterocycles. The Hall–Kier alpha value is -3.14. The smallest absolute Gasteiger partial charge is 0.254 e. The SMILES string of the molecule is CC1c2nc(CC(=O)N3CCCC3)cn2CCN1C(=O)c1cccc(C#N)c1. The fourth-order valence-corrected chi connectivity index (χ4v) is 4.03. The summed E-state index contributed by atoms with van der Waals surface area (Å²) in [6.45, 7) is 4.85. The van der Waals surface area contributed by atoms with E-state index < -0.39 is 0 Å². The Morgan fingerprint density at radius 3 is 2.75 bits per heavy atom. The topological polar surface area (TPSA) is 82.2 Å². The van der Waals surface area contributed by atoms with Crippen LogP contribution in [0.2, 0.25) is 0 Å². The second kappa shape index (κ2) is 7.47. The lowest BCUT2D eigenvalue weighted by Gasteiger charge is -2.33. The highest BCUT2D eigenvalue weighted by Crippen LogP contribution is 2.27. The Labute approximate surface area is 164 Å². The number of nitriles is 1. The van der Waals surface area contributed by atoms with E-state index in [4.69, 9.17) is 5.26 Å². The third-order valence-electron chi connectivity index (χ3n) is 5.57. The third kappa shape index (κ3) is 3.38. The minimum Gasteiger partial charge on any atom is -0.342 e. The highest BCUT2D eigenvalue weighted by molar-refractivity contribution is 5.94. The van der Waals surface area contributed by atoms with Gasteiger partial charge in [0.1, 0.15) is 5.82 Å². The molecule has 0 saturated carbocycles. The van der Waals surface area contributed by atoms with E-state index >= 15 is 0 Å². The van der Waals surface area contributed by atoms with Crippen LogP contribution in [0.1, 0.15) is 53.2 Å². The highest BCUT2D eigenvalue weighted by atomic mass is 16.2. The van der Waals surface area contributed by atoms with Crippen molar-refractivity contribution in [3.63, 3.8) is 0 Å². The number of rotatable bonds is 3. The van der Waals surface area contributed by atoms with Crippen LogP contribution in [-0.4, -0.2) is 50.8 Å². The molecular weight excluding hydrogens is 354 g/mol. The number of carbonyl (C=O) groups excluding carboxylic acids is 2. The van der Waals surface area contributed by atoms with E-state index in [9.17, 15) is 9.59 Å². The first kappa shape index (κ1) is 18.2. The molecule has 7 heteroatoms. The molecule has 1 fully saturated rings. The van der Waals surface area contributed by atoms with Crippen molar-refractivity contribution in [1.82, 2.24) is 19.4 Å². The fourth-order valence-electron chi connectivity index (χ4n) is 4.03. The third-order valence-corrected chi connectivity index (χ3v) is 5.57. The molecule has 2 aromatic rings. The molecule has 2 amide bonds. The summed E-state index contributed by atoms with van der Waals surface area (Å²) in [6, 6.07) is 8.65. The van der Waals surface area contributed by atoms with Gasteiger partial charge in [-0.25, -0.2) is 4.98 Å². The number of hydrogen-bond donors (Lipinski definition) is 0. The molecule has 1 unspecified atom stereocenters. The van der Waals surface area contributed by atoms with E-state index in [0.717, 1.165) is 37.4 Å². The van der Waals surface area contributed by atoms with Gasteiger partial charge in [0.15, 0.2) is 0 Å². The molecule has 1 atom stereocenters. The van der Waals surface area contributed by atoms with Crippen LogP contribution >= 0.6 is 0 Å². The van der Waals surface area contributed by atoms with Crippen LogP contribution in [0.15, 0.2) is 30.5 Å². The van der Waals surface area contributed by atoms with Crippen LogP contribution in [-0.2, 0) is 17.8 Å². The Kier molecular flexibility index (Phi) is 4.86. The zero-order valence-corrected chi connectivity index (χ0v) is 16.0. The number of nitrogens with zero attached hydrogens (tertiary/aromatic N) is 5. The van der Waals surface area contributed by atoms with Gasteiger partial charge in [0.2, 0.25) is 5.91 Å². The molecule has 7 nitrogen and oxygen atoms in total. The second-order valence-corrected chi connectivity index (χ2v) is 7.42. The normalized spacial score (nSPS) is 18.6. The minimum atomic E-state index is -0.192. The zero-order valence-electron chi connectivity index (χ0n) is 16.0. The number of likely N-dealkylation sites (tertiary alicyclic amines) is 1. The van der Waals surface area contributed by atoms with Gasteiger partial charge in [0.25, 0.3) is 5.91 Å². The highest BCUT2D eigenvalue weighted by Gasteiger charge is 2.31. The molecule has 28 heavy (non-hydrogen) atoms. The molecule has 0 spiro atoms. The summed E-state index contributed by atoms with van der Waals surface area (Å²) in [5, 5.41) is 9.07. The van der Waals surface area contributed by atoms with Crippen LogP contribution in [0, 0.1) is 11.3 Å². The van der Waals surface area contributed by atoms with Crippen LogP contribution in [0.4, 0.5) is 0 Å². The van der Waals surface area contributed by atoms with Crippen molar-refractivity contribution in [2.45, 2.75) is 38.8 Å². The van der Waals surface area contributed by atoms with Crippen LogP contribution < -0.4 is 0 Å². The summed E-state index contributed by atoms with van der Waals surface area (Å²) in [4.78, 5) is 33.7. The maximum atomic E-state index is 13.0. The first-order valence-corrected chi connectivity index (χ1v) is 9.71. The Morgan fingerprint density at radius 1 is 1.21 bits per heavy atom. The van der Waals surface area contributed by atoms with Gasteiger partial charge < -0.3 is 14.4 Å². The number of fused-ring (bicyclic) bond motifs is 1. The van der Waals surface area contributed by atoms with Gasteiger partial charge in [-0.15, -0.1) is 0 Å². The summed E-state index contributed by atoms with van der Waals surface area (Å²) >= 11 is 0. The fraction of sp³-hybridized carbons (Fsp3) is 0.429. The van der Waals surface area contributed by atoms with E-state index in [2.05, 4.69) is 11.1 Å². The first-order valence-electron chi connectivity index (χ1n) is 9.71. The predicted octanol–water partition coefficient (Wildman–Crippen LogP) is 2.14. The largest absolute Gasteiger partial charge is 0.342 e. The van der Waals surface area contributed by atoms with Crippen LogP contribution in [0.3, 0.4) is 0 Å². The van der Waals surface area contributed by atoms with Crippen molar-refractivity contribution in [1.29, 1.82) is 5.26 Å². The average Bonchev–Trinajstić information content (AvgIpc) is 3.38. The number of carbonyl (C=O) groups is 2. The molecule has 1 aromatic heterocycles. The van der Waals surface area contributed by atoms with Crippen molar-refractivity contribution in [2.24, 2.45) is 0 Å². The molecule has 4 rings (SSSR count). The summed E-state index contributed by atoms with van der Waals surface area (Å²) in [5.74, 6) is 0.829. The van der Waals surface area contributed by atoms with Gasteiger partial charge >= 0.3 is 0 Å². The Bertz CT molecular complexity index is 952. The second-order valence-electron chi connectivity index (χ2n) is 7.42. The standard InChI is InChI=1S/C21H23N5O2/c1-15-20-23-18(12-19(27)24-7-2-3-8-24)14-25(20)9-10-26(15)21(28)17-6-4-5-16(11-17)13-22/h4-6,11,14-15H,2-3,7-10,12H2,1H3. The van der Waals surface area contributed by atoms with E-state index in [1.807, 2.05) is 22.6 Å². The van der Waals surface area contributed by atoms with Crippen molar-refractivity contribution < 1.29 is 9.59 Å². The maximum Gasteiger partial charge on any atom is 0.254 e. The molecular formula is C21H23N5O2. The van der Waals surface area contributed by atoms with Gasteiger partial charge in [-0.2, -0.15) is 5.26 Å². The molecule has 0 radical (unpaired) electrons. The number of benzene rings is 1. The molecule has 2 aliphatic heterocycles. The van der Waals surface area contributed by atoms with Crippen LogP contribution in [0.25, 0.3) is 0 Å². The van der Waals surface area contributed by atoms with E-state index in [0.29, 0.717) is 30.6 Å². The average molecular weight is 377 g/mol. The first-order chi connectivity index (χ1) is 13.6. The van der Waals surface area contributed by atoms with Crippen molar-refractivity contribution >= 4 is 11.8 Å². The summed E-state index contributed by atoms with van der Waals surface area (Å²) in [5.41, 5.74) is 1.74. The summed E-state index contributed by atoms with van der Waals surface area (Å²) < 4.78 is 2.05. The lowest BCUT2D eigenvalue weighted by Crippen LogP contribution is -2.41. The molecule has 144 valence electrons. The monoisotopic (exact) mass is 377 g/mol. The van der Waals surface area contributed by atoms with E-state index in [1.165, 1.54) is 0 Å². The van der Waals surface area contributed by atoms with E-state index in [-0.39, 0.29) is 17.9 Å². The lowest BCUT2D eigenvalue weighted by atomic mass is 10.1. The van der Waals surface area contributed by atoms with Gasteiger partial charge in [-0.05, 0) is 38.0 Å². The maximum absolute atomic E-state index is 13.0. The summed E-state index contributed by atoms with van der Waals surface area (Å²) in [6.07, 6.45) is 4.40. The summed E-state index contributed by atoms with van der Waals surface area (Å²) in [7, 11) is 0. The minimum absolute atomic E-state index is 0.103. The van der Waals surface area contributed by atoms with Gasteiger partial charge in [0, 0.05) is 37.9 Å². The quantitative estimate of drug-likeness (QED) is 0.821. The van der Waals surface area contributed by atoms with Crippen molar-refractivity contribution in [3.8, 4) is 6.07 Å². The molecule has 0 bridgehead atoms.